The minimum atomic E-state index is -0.130. The fourth-order valence-corrected chi connectivity index (χ4v) is 1.28. The van der Waals surface area contributed by atoms with E-state index >= 15 is 0 Å². The first-order chi connectivity index (χ1) is 6.31. The molecule has 0 aromatic heterocycles. The lowest BCUT2D eigenvalue weighted by Crippen LogP contribution is -2.20. The van der Waals surface area contributed by atoms with Crippen molar-refractivity contribution < 1.29 is 9.47 Å². The summed E-state index contributed by atoms with van der Waals surface area (Å²) in [7, 11) is 0. The third kappa shape index (κ3) is 1.46. The molecule has 1 unspecified atom stereocenters. The molecule has 1 aliphatic rings. The van der Waals surface area contributed by atoms with E-state index in [4.69, 9.17) is 20.9 Å². The highest BCUT2D eigenvalue weighted by Gasteiger charge is 2.14. The fraction of sp³-hybridized carbons (Fsp3) is 0.333. The third-order valence-corrected chi connectivity index (χ3v) is 2.08. The van der Waals surface area contributed by atoms with Crippen molar-refractivity contribution in [1.82, 2.24) is 0 Å². The van der Waals surface area contributed by atoms with Crippen molar-refractivity contribution in [2.45, 2.75) is 6.04 Å². The number of hydrogen-bond acceptors (Lipinski definition) is 4. The Kier molecular flexibility index (Phi) is 2.08. The van der Waals surface area contributed by atoms with Crippen LogP contribution in [0, 0.1) is 0 Å². The third-order valence-electron chi connectivity index (χ3n) is 2.08. The summed E-state index contributed by atoms with van der Waals surface area (Å²) in [4.78, 5) is 0. The Labute approximate surface area is 76.4 Å². The number of rotatable bonds is 2. The Morgan fingerprint density at radius 1 is 1.31 bits per heavy atom. The van der Waals surface area contributed by atoms with Gasteiger partial charge in [0.15, 0.2) is 11.5 Å². The lowest BCUT2D eigenvalue weighted by molar-refractivity contribution is 0.174. The van der Waals surface area contributed by atoms with Crippen molar-refractivity contribution in [1.29, 1.82) is 0 Å². The van der Waals surface area contributed by atoms with E-state index < -0.39 is 0 Å². The van der Waals surface area contributed by atoms with Gasteiger partial charge < -0.3 is 20.9 Å². The SMILES string of the molecule is NCC(N)c1ccc2c(c1)OCO2. The Morgan fingerprint density at radius 2 is 2.08 bits per heavy atom. The smallest absolute Gasteiger partial charge is 0.231 e. The summed E-state index contributed by atoms with van der Waals surface area (Å²) in [6, 6.07) is 5.51. The number of hydrogen-bond donors (Lipinski definition) is 2. The molecule has 70 valence electrons. The molecule has 0 amide bonds. The van der Waals surface area contributed by atoms with Gasteiger partial charge in [0.05, 0.1) is 0 Å². The van der Waals surface area contributed by atoms with Gasteiger partial charge in [0.1, 0.15) is 0 Å². The largest absolute Gasteiger partial charge is 0.454 e. The quantitative estimate of drug-likeness (QED) is 0.690. The van der Waals surface area contributed by atoms with Gasteiger partial charge in [-0.25, -0.2) is 0 Å². The second-order valence-corrected chi connectivity index (χ2v) is 2.95. The summed E-state index contributed by atoms with van der Waals surface area (Å²) in [5, 5.41) is 0. The van der Waals surface area contributed by atoms with Crippen LogP contribution in [-0.2, 0) is 0 Å². The molecule has 1 atom stereocenters. The highest BCUT2D eigenvalue weighted by Crippen LogP contribution is 2.33. The van der Waals surface area contributed by atoms with Crippen molar-refractivity contribution in [3.8, 4) is 11.5 Å². The maximum atomic E-state index is 5.77. The maximum absolute atomic E-state index is 5.77. The highest BCUT2D eigenvalue weighted by molar-refractivity contribution is 5.45. The van der Waals surface area contributed by atoms with Gasteiger partial charge in [-0.05, 0) is 17.7 Å². The topological polar surface area (TPSA) is 70.5 Å². The van der Waals surface area contributed by atoms with E-state index in [0.29, 0.717) is 6.54 Å². The van der Waals surface area contributed by atoms with Gasteiger partial charge in [0.2, 0.25) is 6.79 Å². The van der Waals surface area contributed by atoms with Crippen molar-refractivity contribution in [3.05, 3.63) is 23.8 Å². The zero-order valence-electron chi connectivity index (χ0n) is 7.19. The first kappa shape index (κ1) is 8.34. The van der Waals surface area contributed by atoms with Gasteiger partial charge in [-0.15, -0.1) is 0 Å². The Bertz CT molecular complexity index is 314. The van der Waals surface area contributed by atoms with Crippen molar-refractivity contribution >= 4 is 0 Å². The predicted molar refractivity (Wildman–Crippen MR) is 48.5 cm³/mol. The van der Waals surface area contributed by atoms with Gasteiger partial charge in [-0.3, -0.25) is 0 Å². The molecule has 1 aromatic carbocycles. The molecule has 1 heterocycles. The van der Waals surface area contributed by atoms with Crippen LogP contribution in [0.25, 0.3) is 0 Å². The van der Waals surface area contributed by atoms with Crippen LogP contribution in [0.2, 0.25) is 0 Å². The molecule has 2 rings (SSSR count). The predicted octanol–water partition coefficient (Wildman–Crippen LogP) is 0.374. The molecule has 4 heteroatoms. The average molecular weight is 180 g/mol. The molecule has 1 aliphatic heterocycles. The van der Waals surface area contributed by atoms with Gasteiger partial charge >= 0.3 is 0 Å². The van der Waals surface area contributed by atoms with Crippen molar-refractivity contribution in [3.63, 3.8) is 0 Å². The normalized spacial score (nSPS) is 15.8. The zero-order chi connectivity index (χ0) is 9.26. The molecule has 4 nitrogen and oxygen atoms in total. The van der Waals surface area contributed by atoms with E-state index in [0.717, 1.165) is 17.1 Å². The van der Waals surface area contributed by atoms with E-state index in [1.165, 1.54) is 0 Å². The van der Waals surface area contributed by atoms with Crippen molar-refractivity contribution in [2.24, 2.45) is 11.5 Å². The number of nitrogens with two attached hydrogens (primary N) is 2. The molecule has 0 radical (unpaired) electrons. The van der Waals surface area contributed by atoms with Crippen LogP contribution >= 0.6 is 0 Å². The molecule has 0 spiro atoms. The van der Waals surface area contributed by atoms with Gasteiger partial charge in [-0.1, -0.05) is 6.07 Å². The molecule has 0 fully saturated rings. The Hall–Kier alpha value is -1.26. The summed E-state index contributed by atoms with van der Waals surface area (Å²) >= 11 is 0. The van der Waals surface area contributed by atoms with Crippen LogP contribution < -0.4 is 20.9 Å². The summed E-state index contributed by atoms with van der Waals surface area (Å²) in [6.07, 6.45) is 0. The second-order valence-electron chi connectivity index (χ2n) is 2.95. The number of fused-ring (bicyclic) bond motifs is 1. The highest BCUT2D eigenvalue weighted by atomic mass is 16.7. The first-order valence-corrected chi connectivity index (χ1v) is 4.16. The summed E-state index contributed by atoms with van der Waals surface area (Å²) < 4.78 is 10.4. The van der Waals surface area contributed by atoms with Crippen LogP contribution in [0.4, 0.5) is 0 Å². The molecule has 13 heavy (non-hydrogen) atoms. The molecular formula is C9H12N2O2. The molecule has 0 saturated carbocycles. The van der Waals surface area contributed by atoms with E-state index in [9.17, 15) is 0 Å². The molecule has 1 aromatic rings. The van der Waals surface area contributed by atoms with Gasteiger partial charge in [-0.2, -0.15) is 0 Å². The maximum Gasteiger partial charge on any atom is 0.231 e. The van der Waals surface area contributed by atoms with Gasteiger partial charge in [0, 0.05) is 12.6 Å². The standard InChI is InChI=1S/C9H12N2O2/c10-4-7(11)6-1-2-8-9(3-6)13-5-12-8/h1-3,7H,4-5,10-11H2. The molecular weight excluding hydrogens is 168 g/mol. The summed E-state index contributed by atoms with van der Waals surface area (Å²) in [5.41, 5.74) is 12.2. The monoisotopic (exact) mass is 180 g/mol. The fourth-order valence-electron chi connectivity index (χ4n) is 1.28. The zero-order valence-corrected chi connectivity index (χ0v) is 7.19. The minimum Gasteiger partial charge on any atom is -0.454 e. The van der Waals surface area contributed by atoms with Crippen LogP contribution in [0.3, 0.4) is 0 Å². The van der Waals surface area contributed by atoms with Crippen molar-refractivity contribution in [2.75, 3.05) is 13.3 Å². The Morgan fingerprint density at radius 3 is 2.85 bits per heavy atom. The second kappa shape index (κ2) is 3.24. The van der Waals surface area contributed by atoms with E-state index in [1.54, 1.807) is 0 Å². The minimum absolute atomic E-state index is 0.130. The molecule has 0 aliphatic carbocycles. The number of benzene rings is 1. The van der Waals surface area contributed by atoms with Crippen LogP contribution in [0.5, 0.6) is 11.5 Å². The van der Waals surface area contributed by atoms with E-state index in [1.807, 2.05) is 18.2 Å². The van der Waals surface area contributed by atoms with Gasteiger partial charge in [0.25, 0.3) is 0 Å². The Balaban J connectivity index is 2.30. The summed E-state index contributed by atoms with van der Waals surface area (Å²) in [6.45, 7) is 0.719. The molecule has 0 bridgehead atoms. The summed E-state index contributed by atoms with van der Waals surface area (Å²) in [5.74, 6) is 1.52. The lowest BCUT2D eigenvalue weighted by Gasteiger charge is -2.08. The van der Waals surface area contributed by atoms with Crippen LogP contribution in [0.15, 0.2) is 18.2 Å². The molecule has 0 saturated heterocycles. The lowest BCUT2D eigenvalue weighted by atomic mass is 10.1. The first-order valence-electron chi connectivity index (χ1n) is 4.16. The van der Waals surface area contributed by atoms with Crippen LogP contribution in [0.1, 0.15) is 11.6 Å². The van der Waals surface area contributed by atoms with E-state index in [-0.39, 0.29) is 12.8 Å². The van der Waals surface area contributed by atoms with E-state index in [2.05, 4.69) is 0 Å². The van der Waals surface area contributed by atoms with Crippen LogP contribution in [-0.4, -0.2) is 13.3 Å². The molecule has 4 N–H and O–H groups in total. The average Bonchev–Trinajstić information content (AvgIpc) is 2.63. The number of ether oxygens (including phenoxy) is 2.